The van der Waals surface area contributed by atoms with Crippen molar-refractivity contribution in [3.05, 3.63) is 102 Å². The lowest BCUT2D eigenvalue weighted by Crippen LogP contribution is -2.37. The number of nitrogen functional groups attached to an aromatic ring is 1. The third-order valence-electron chi connectivity index (χ3n) is 8.78. The SMILES string of the molecule is Nc1ncccc1-c1nc2c(N3CCC3)cc(-n3cccn3)nc2n1-c1ccc2c(c1)CC[C@@H]2NC(=O)c1ccc(O)c(C=O)c1. The highest BCUT2D eigenvalue weighted by Gasteiger charge is 2.28. The number of phenolic OH excluding ortho intramolecular Hbond substituents is 1. The fraction of sp³-hybridized carbons (Fsp3) is 0.176. The van der Waals surface area contributed by atoms with Gasteiger partial charge in [0.2, 0.25) is 0 Å². The minimum atomic E-state index is -0.311. The molecule has 0 radical (unpaired) electrons. The van der Waals surface area contributed by atoms with Gasteiger partial charge in [-0.25, -0.2) is 19.6 Å². The highest BCUT2D eigenvalue weighted by molar-refractivity contribution is 5.97. The van der Waals surface area contributed by atoms with Crippen LogP contribution in [0.3, 0.4) is 0 Å². The molecule has 0 saturated carbocycles. The van der Waals surface area contributed by atoms with E-state index < -0.39 is 0 Å². The van der Waals surface area contributed by atoms with Crippen LogP contribution in [0.2, 0.25) is 0 Å². The fourth-order valence-electron chi connectivity index (χ4n) is 6.29. The number of imidazole rings is 1. The van der Waals surface area contributed by atoms with Gasteiger partial charge in [0, 0.05) is 49.0 Å². The number of fused-ring (bicyclic) bond motifs is 2. The minimum absolute atomic E-state index is 0.0725. The Morgan fingerprint density at radius 2 is 1.93 bits per heavy atom. The number of hydrogen-bond acceptors (Lipinski definition) is 9. The van der Waals surface area contributed by atoms with Gasteiger partial charge in [-0.15, -0.1) is 0 Å². The number of phenols is 1. The van der Waals surface area contributed by atoms with E-state index in [-0.39, 0.29) is 23.3 Å². The average Bonchev–Trinajstić information content (AvgIpc) is 3.80. The van der Waals surface area contributed by atoms with Crippen LogP contribution in [-0.4, -0.2) is 59.7 Å². The molecular formula is C34H29N9O3. The first-order valence-electron chi connectivity index (χ1n) is 15.1. The van der Waals surface area contributed by atoms with Gasteiger partial charge >= 0.3 is 0 Å². The van der Waals surface area contributed by atoms with E-state index in [1.165, 1.54) is 18.2 Å². The number of carbonyl (C=O) groups excluding carboxylic acids is 2. The van der Waals surface area contributed by atoms with Gasteiger partial charge in [-0.05, 0) is 78.9 Å². The van der Waals surface area contributed by atoms with E-state index in [9.17, 15) is 14.7 Å². The highest BCUT2D eigenvalue weighted by atomic mass is 16.3. The van der Waals surface area contributed by atoms with Crippen molar-refractivity contribution in [3.8, 4) is 28.6 Å². The Kier molecular flexibility index (Phi) is 6.48. The number of anilines is 2. The van der Waals surface area contributed by atoms with Crippen LogP contribution in [0.5, 0.6) is 5.75 Å². The van der Waals surface area contributed by atoms with Crippen LogP contribution in [0.4, 0.5) is 11.5 Å². The van der Waals surface area contributed by atoms with Crippen LogP contribution >= 0.6 is 0 Å². The Bertz CT molecular complexity index is 2150. The molecule has 2 aromatic carbocycles. The summed E-state index contributed by atoms with van der Waals surface area (Å²) in [6.07, 6.45) is 8.38. The van der Waals surface area contributed by atoms with Crippen molar-refractivity contribution in [2.75, 3.05) is 23.7 Å². The van der Waals surface area contributed by atoms with Gasteiger partial charge in [-0.2, -0.15) is 5.10 Å². The summed E-state index contributed by atoms with van der Waals surface area (Å²) in [5.74, 6) is 1.21. The first kappa shape index (κ1) is 27.5. The number of aryl methyl sites for hydroxylation is 1. The zero-order valence-corrected chi connectivity index (χ0v) is 24.7. The first-order chi connectivity index (χ1) is 22.5. The summed E-state index contributed by atoms with van der Waals surface area (Å²) < 4.78 is 3.78. The third-order valence-corrected chi connectivity index (χ3v) is 8.78. The van der Waals surface area contributed by atoms with Crippen molar-refractivity contribution >= 4 is 34.9 Å². The smallest absolute Gasteiger partial charge is 0.251 e. The lowest BCUT2D eigenvalue weighted by atomic mass is 10.1. The number of nitrogens with two attached hydrogens (primary N) is 1. The molecule has 0 spiro atoms. The van der Waals surface area contributed by atoms with Gasteiger partial charge in [0.05, 0.1) is 22.9 Å². The molecule has 1 atom stereocenters. The van der Waals surface area contributed by atoms with E-state index in [1.807, 2.05) is 47.2 Å². The maximum Gasteiger partial charge on any atom is 0.251 e. The van der Waals surface area contributed by atoms with Crippen molar-refractivity contribution in [1.82, 2.24) is 34.6 Å². The Hall–Kier alpha value is -6.04. The third kappa shape index (κ3) is 4.53. The molecule has 4 aromatic heterocycles. The van der Waals surface area contributed by atoms with Crippen LogP contribution in [0, 0.1) is 0 Å². The number of amides is 1. The zero-order chi connectivity index (χ0) is 31.4. The average molecular weight is 612 g/mol. The van der Waals surface area contributed by atoms with E-state index in [4.69, 9.17) is 15.7 Å². The van der Waals surface area contributed by atoms with Gasteiger partial charge < -0.3 is 21.1 Å². The molecule has 1 amide bonds. The molecule has 6 aromatic rings. The van der Waals surface area contributed by atoms with Crippen molar-refractivity contribution in [3.63, 3.8) is 0 Å². The molecule has 5 heterocycles. The standard InChI is InChI=1S/C34H29N9O3/c35-31-25(4-1-11-36-31)32-40-30-27(41-13-3-14-41)18-29(42-15-2-12-37-42)39-33(30)43(32)23-7-8-24-20(17-23)5-9-26(24)38-34(46)21-6-10-28(45)22(16-21)19-44/h1-2,4,6-8,10-12,15-19,26,45H,3,5,9,13-14H2,(H2,35,36)(H,38,46)/t26-/m0/s1. The number of aldehydes is 1. The number of rotatable bonds is 7. The summed E-state index contributed by atoms with van der Waals surface area (Å²) in [6, 6.07) is 17.9. The summed E-state index contributed by atoms with van der Waals surface area (Å²) in [7, 11) is 0. The Morgan fingerprint density at radius 3 is 2.70 bits per heavy atom. The molecule has 12 heteroatoms. The number of carbonyl (C=O) groups is 2. The molecule has 2 aliphatic rings. The number of nitrogens with one attached hydrogen (secondary N) is 1. The van der Waals surface area contributed by atoms with Gasteiger partial charge in [-0.1, -0.05) is 6.07 Å². The Morgan fingerprint density at radius 1 is 1.04 bits per heavy atom. The molecule has 46 heavy (non-hydrogen) atoms. The van der Waals surface area contributed by atoms with E-state index in [0.717, 1.165) is 60.4 Å². The summed E-state index contributed by atoms with van der Waals surface area (Å²) in [5, 5.41) is 17.4. The number of aromatic nitrogens is 6. The zero-order valence-electron chi connectivity index (χ0n) is 24.7. The van der Waals surface area contributed by atoms with E-state index in [1.54, 1.807) is 17.1 Å². The minimum Gasteiger partial charge on any atom is -0.507 e. The number of pyridine rings is 2. The first-order valence-corrected chi connectivity index (χ1v) is 15.1. The molecule has 1 saturated heterocycles. The van der Waals surface area contributed by atoms with Gasteiger partial charge in [0.15, 0.2) is 23.6 Å². The van der Waals surface area contributed by atoms with E-state index in [2.05, 4.69) is 26.4 Å². The van der Waals surface area contributed by atoms with Crippen molar-refractivity contribution in [2.24, 2.45) is 0 Å². The molecule has 4 N–H and O–H groups in total. The molecule has 12 nitrogen and oxygen atoms in total. The van der Waals surface area contributed by atoms with Gasteiger partial charge in [-0.3, -0.25) is 14.2 Å². The van der Waals surface area contributed by atoms with Gasteiger partial charge in [0.1, 0.15) is 17.1 Å². The lowest BCUT2D eigenvalue weighted by molar-refractivity contribution is 0.0936. The Labute approximate surface area is 263 Å². The summed E-state index contributed by atoms with van der Waals surface area (Å²) in [5.41, 5.74) is 12.9. The number of nitrogens with zero attached hydrogens (tertiary/aromatic N) is 7. The van der Waals surface area contributed by atoms with Crippen LogP contribution in [0.15, 0.2) is 79.3 Å². The second-order valence-corrected chi connectivity index (χ2v) is 11.5. The van der Waals surface area contributed by atoms with Crippen molar-refractivity contribution in [2.45, 2.75) is 25.3 Å². The summed E-state index contributed by atoms with van der Waals surface area (Å²) in [6.45, 7) is 1.86. The van der Waals surface area contributed by atoms with Crippen molar-refractivity contribution < 1.29 is 14.7 Å². The van der Waals surface area contributed by atoms with E-state index in [0.29, 0.717) is 40.5 Å². The topological polar surface area (TPSA) is 157 Å². The predicted molar refractivity (Wildman–Crippen MR) is 172 cm³/mol. The summed E-state index contributed by atoms with van der Waals surface area (Å²) >= 11 is 0. The predicted octanol–water partition coefficient (Wildman–Crippen LogP) is 4.40. The maximum absolute atomic E-state index is 13.1. The van der Waals surface area contributed by atoms with Crippen LogP contribution in [0.1, 0.15) is 50.7 Å². The fourth-order valence-corrected chi connectivity index (χ4v) is 6.29. The highest BCUT2D eigenvalue weighted by Crippen LogP contribution is 2.39. The number of benzene rings is 2. The van der Waals surface area contributed by atoms with Crippen LogP contribution < -0.4 is 16.0 Å². The largest absolute Gasteiger partial charge is 0.507 e. The molecule has 0 unspecified atom stereocenters. The molecule has 228 valence electrons. The molecular weight excluding hydrogens is 582 g/mol. The maximum atomic E-state index is 13.1. The molecule has 0 bridgehead atoms. The molecule has 1 fully saturated rings. The van der Waals surface area contributed by atoms with Crippen LogP contribution in [0.25, 0.3) is 34.1 Å². The monoisotopic (exact) mass is 611 g/mol. The second-order valence-electron chi connectivity index (χ2n) is 11.5. The number of aromatic hydroxyl groups is 1. The second kappa shape index (κ2) is 10.8. The molecule has 1 aliphatic heterocycles. The van der Waals surface area contributed by atoms with Gasteiger partial charge in [0.25, 0.3) is 5.91 Å². The Balaban J connectivity index is 1.24. The summed E-state index contributed by atoms with van der Waals surface area (Å²) in [4.78, 5) is 41.3. The lowest BCUT2D eigenvalue weighted by Gasteiger charge is -2.33. The van der Waals surface area contributed by atoms with E-state index >= 15 is 0 Å². The van der Waals surface area contributed by atoms with Crippen LogP contribution in [-0.2, 0) is 6.42 Å². The van der Waals surface area contributed by atoms with Crippen molar-refractivity contribution in [1.29, 1.82) is 0 Å². The quantitative estimate of drug-likeness (QED) is 0.223. The molecule has 8 rings (SSSR count). The number of hydrogen-bond donors (Lipinski definition) is 3. The molecule has 1 aliphatic carbocycles. The normalized spacial score (nSPS) is 15.5.